The number of unbranched alkanes of at least 4 members (excludes halogenated alkanes) is 3. The molecule has 60 valence electrons. The zero-order valence-electron chi connectivity index (χ0n) is 7.40. The maximum atomic E-state index is 3.69. The molecule has 0 N–H and O–H groups in total. The smallest absolute Gasteiger partial charge is 0.0353 e. The second-order valence-corrected chi connectivity index (χ2v) is 3.32. The summed E-state index contributed by atoms with van der Waals surface area (Å²) >= 11 is 0. The van der Waals surface area contributed by atoms with E-state index in [0.717, 1.165) is 5.92 Å². The van der Waals surface area contributed by atoms with Crippen molar-refractivity contribution in [3.63, 3.8) is 0 Å². The zero-order chi connectivity index (χ0) is 7.82. The van der Waals surface area contributed by atoms with E-state index in [1.54, 1.807) is 0 Å². The molecule has 0 heterocycles. The lowest BCUT2D eigenvalue weighted by atomic mass is 10.0. The molecule has 0 saturated carbocycles. The van der Waals surface area contributed by atoms with Gasteiger partial charge in [-0.15, -0.1) is 6.58 Å². The Hall–Kier alpha value is -0.260. The predicted molar refractivity (Wildman–Crippen MR) is 48.1 cm³/mol. The van der Waals surface area contributed by atoms with Gasteiger partial charge in [0.1, 0.15) is 0 Å². The van der Waals surface area contributed by atoms with Gasteiger partial charge in [-0.1, -0.05) is 39.2 Å². The summed E-state index contributed by atoms with van der Waals surface area (Å²) in [4.78, 5) is 0. The fraction of sp³-hybridized carbons (Fsp3) is 0.800. The molecule has 0 rings (SSSR count). The van der Waals surface area contributed by atoms with E-state index in [4.69, 9.17) is 0 Å². The van der Waals surface area contributed by atoms with Crippen LogP contribution in [0, 0.1) is 5.92 Å². The van der Waals surface area contributed by atoms with Crippen molar-refractivity contribution in [3.05, 3.63) is 12.7 Å². The Morgan fingerprint density at radius 2 is 1.90 bits per heavy atom. The summed E-state index contributed by atoms with van der Waals surface area (Å²) in [6.45, 7) is 8.26. The number of hydrogen-bond acceptors (Lipinski definition) is 0. The van der Waals surface area contributed by atoms with E-state index < -0.39 is 0 Å². The van der Waals surface area contributed by atoms with E-state index in [2.05, 4.69) is 20.4 Å². The average molecular weight is 140 g/mol. The van der Waals surface area contributed by atoms with Crippen molar-refractivity contribution in [1.82, 2.24) is 0 Å². The Labute approximate surface area is 65.3 Å². The Bertz CT molecular complexity index is 72.1. The van der Waals surface area contributed by atoms with E-state index >= 15 is 0 Å². The first kappa shape index (κ1) is 9.74. The highest BCUT2D eigenvalue weighted by molar-refractivity contribution is 4.65. The van der Waals surface area contributed by atoms with Crippen LogP contribution in [0.25, 0.3) is 0 Å². The van der Waals surface area contributed by atoms with Crippen molar-refractivity contribution < 1.29 is 0 Å². The van der Waals surface area contributed by atoms with Crippen molar-refractivity contribution in [2.24, 2.45) is 5.92 Å². The fourth-order valence-electron chi connectivity index (χ4n) is 1.02. The molecule has 0 aromatic heterocycles. The van der Waals surface area contributed by atoms with Crippen molar-refractivity contribution in [2.45, 2.75) is 46.0 Å². The maximum Gasteiger partial charge on any atom is -0.0353 e. The molecular formula is C10H20. The van der Waals surface area contributed by atoms with Gasteiger partial charge in [0, 0.05) is 0 Å². The minimum absolute atomic E-state index is 0.878. The summed E-state index contributed by atoms with van der Waals surface area (Å²) in [6.07, 6.45) is 8.69. The van der Waals surface area contributed by atoms with Gasteiger partial charge in [-0.2, -0.15) is 0 Å². The van der Waals surface area contributed by atoms with Gasteiger partial charge in [-0.25, -0.2) is 0 Å². The van der Waals surface area contributed by atoms with Crippen LogP contribution in [0.15, 0.2) is 12.7 Å². The molecule has 0 nitrogen and oxygen atoms in total. The van der Waals surface area contributed by atoms with Crippen molar-refractivity contribution in [1.29, 1.82) is 0 Å². The third-order valence-corrected chi connectivity index (χ3v) is 1.69. The van der Waals surface area contributed by atoms with Gasteiger partial charge in [0.2, 0.25) is 0 Å². The lowest BCUT2D eigenvalue weighted by Gasteiger charge is -2.02. The van der Waals surface area contributed by atoms with E-state index in [9.17, 15) is 0 Å². The third-order valence-electron chi connectivity index (χ3n) is 1.69. The standard InChI is InChI=1S/C10H20/c1-4-5-6-7-8-9-10(2)3/h4,10H,1,5-9H2,2-3H3. The highest BCUT2D eigenvalue weighted by Gasteiger charge is 1.92. The van der Waals surface area contributed by atoms with Crippen LogP contribution in [0.2, 0.25) is 0 Å². The third kappa shape index (κ3) is 7.74. The van der Waals surface area contributed by atoms with Crippen LogP contribution in [0.1, 0.15) is 46.0 Å². The van der Waals surface area contributed by atoms with E-state index in [1.165, 1.54) is 32.1 Å². The van der Waals surface area contributed by atoms with Crippen LogP contribution < -0.4 is 0 Å². The van der Waals surface area contributed by atoms with Gasteiger partial charge in [-0.05, 0) is 18.8 Å². The molecule has 10 heavy (non-hydrogen) atoms. The van der Waals surface area contributed by atoms with Crippen LogP contribution in [0.4, 0.5) is 0 Å². The predicted octanol–water partition coefficient (Wildman–Crippen LogP) is 3.78. The number of hydrogen-bond donors (Lipinski definition) is 0. The molecule has 0 amide bonds. The summed E-state index contributed by atoms with van der Waals surface area (Å²) in [5.74, 6) is 0.878. The maximum absolute atomic E-state index is 3.69. The monoisotopic (exact) mass is 140 g/mol. The quantitative estimate of drug-likeness (QED) is 0.389. The lowest BCUT2D eigenvalue weighted by molar-refractivity contribution is 0.529. The first-order valence-corrected chi connectivity index (χ1v) is 4.38. The molecular weight excluding hydrogens is 120 g/mol. The summed E-state index contributed by atoms with van der Waals surface area (Å²) in [5, 5.41) is 0. The molecule has 0 bridgehead atoms. The van der Waals surface area contributed by atoms with Gasteiger partial charge in [-0.3, -0.25) is 0 Å². The van der Waals surface area contributed by atoms with Crippen LogP contribution in [-0.4, -0.2) is 0 Å². The molecule has 0 aliphatic rings. The summed E-state index contributed by atoms with van der Waals surface area (Å²) < 4.78 is 0. The number of rotatable bonds is 6. The number of allylic oxidation sites excluding steroid dienone is 1. The molecule has 0 heteroatoms. The zero-order valence-corrected chi connectivity index (χ0v) is 7.40. The molecule has 0 fully saturated rings. The topological polar surface area (TPSA) is 0 Å². The molecule has 0 aliphatic carbocycles. The molecule has 0 atom stereocenters. The largest absolute Gasteiger partial charge is 0.103 e. The normalized spacial score (nSPS) is 10.3. The van der Waals surface area contributed by atoms with Crippen molar-refractivity contribution >= 4 is 0 Å². The molecule has 0 unspecified atom stereocenters. The van der Waals surface area contributed by atoms with E-state index in [1.807, 2.05) is 6.08 Å². The Morgan fingerprint density at radius 3 is 2.40 bits per heavy atom. The van der Waals surface area contributed by atoms with Gasteiger partial charge < -0.3 is 0 Å². The molecule has 0 saturated heterocycles. The molecule has 0 spiro atoms. The van der Waals surface area contributed by atoms with Crippen molar-refractivity contribution in [3.8, 4) is 0 Å². The lowest BCUT2D eigenvalue weighted by Crippen LogP contribution is -1.86. The van der Waals surface area contributed by atoms with Crippen LogP contribution >= 0.6 is 0 Å². The minimum atomic E-state index is 0.878. The highest BCUT2D eigenvalue weighted by atomic mass is 14.0. The van der Waals surface area contributed by atoms with Gasteiger partial charge in [0.05, 0.1) is 0 Å². The Morgan fingerprint density at radius 1 is 1.20 bits per heavy atom. The van der Waals surface area contributed by atoms with Crippen molar-refractivity contribution in [2.75, 3.05) is 0 Å². The Balaban J connectivity index is 2.83. The van der Waals surface area contributed by atoms with Crippen LogP contribution in [-0.2, 0) is 0 Å². The van der Waals surface area contributed by atoms with Gasteiger partial charge in [0.15, 0.2) is 0 Å². The van der Waals surface area contributed by atoms with Crippen LogP contribution in [0.3, 0.4) is 0 Å². The SMILES string of the molecule is C=CCCCCCC(C)C. The minimum Gasteiger partial charge on any atom is -0.103 e. The van der Waals surface area contributed by atoms with Gasteiger partial charge >= 0.3 is 0 Å². The van der Waals surface area contributed by atoms with Gasteiger partial charge in [0.25, 0.3) is 0 Å². The fourth-order valence-corrected chi connectivity index (χ4v) is 1.02. The summed E-state index contributed by atoms with van der Waals surface area (Å²) in [7, 11) is 0. The van der Waals surface area contributed by atoms with E-state index in [0.29, 0.717) is 0 Å². The summed E-state index contributed by atoms with van der Waals surface area (Å²) in [6, 6.07) is 0. The summed E-state index contributed by atoms with van der Waals surface area (Å²) in [5.41, 5.74) is 0. The molecule has 0 radical (unpaired) electrons. The second-order valence-electron chi connectivity index (χ2n) is 3.32. The van der Waals surface area contributed by atoms with Crippen LogP contribution in [0.5, 0.6) is 0 Å². The van der Waals surface area contributed by atoms with E-state index in [-0.39, 0.29) is 0 Å². The first-order valence-electron chi connectivity index (χ1n) is 4.38. The molecule has 0 aliphatic heterocycles. The first-order chi connectivity index (χ1) is 4.77. The second kappa shape index (κ2) is 6.85. The highest BCUT2D eigenvalue weighted by Crippen LogP contribution is 2.09. The molecule has 0 aromatic carbocycles. The average Bonchev–Trinajstić information content (AvgIpc) is 1.87. The molecule has 0 aromatic rings. The Kier molecular flexibility index (Phi) is 6.68.